The fourth-order valence-corrected chi connectivity index (χ4v) is 1.16. The van der Waals surface area contributed by atoms with Gasteiger partial charge in [0.25, 0.3) is 0 Å². The van der Waals surface area contributed by atoms with Crippen molar-refractivity contribution in [3.63, 3.8) is 0 Å². The standard InChI is InChI=1S/C8H10N2O.C5H5N/c1-7-3-2-4-8(5-7)10(9)6-11;1-2-4-6-5-3-1/h2-6H,9H2,1H3;1-5H. The van der Waals surface area contributed by atoms with Crippen LogP contribution in [0.25, 0.3) is 0 Å². The van der Waals surface area contributed by atoms with Crippen molar-refractivity contribution in [2.75, 3.05) is 5.01 Å². The maximum absolute atomic E-state index is 10.2. The first kappa shape index (κ1) is 12.9. The second-order valence-electron chi connectivity index (χ2n) is 3.38. The van der Waals surface area contributed by atoms with Crippen molar-refractivity contribution in [2.24, 2.45) is 5.84 Å². The molecule has 4 nitrogen and oxygen atoms in total. The number of pyridine rings is 1. The van der Waals surface area contributed by atoms with Crippen molar-refractivity contribution in [1.29, 1.82) is 0 Å². The van der Waals surface area contributed by atoms with Crippen LogP contribution in [0.1, 0.15) is 5.56 Å². The average molecular weight is 229 g/mol. The molecule has 0 bridgehead atoms. The molecular formula is C13H15N3O. The predicted octanol–water partition coefficient (Wildman–Crippen LogP) is 1.91. The number of benzene rings is 1. The highest BCUT2D eigenvalue weighted by Gasteiger charge is 1.96. The van der Waals surface area contributed by atoms with Crippen molar-refractivity contribution in [3.8, 4) is 0 Å². The molecule has 1 aromatic heterocycles. The normalized spacial score (nSPS) is 8.82. The molecule has 0 aliphatic heterocycles. The number of nitrogens with two attached hydrogens (primary N) is 1. The van der Waals surface area contributed by atoms with E-state index in [4.69, 9.17) is 5.84 Å². The largest absolute Gasteiger partial charge is 0.277 e. The lowest BCUT2D eigenvalue weighted by Gasteiger charge is -2.09. The molecule has 0 aliphatic rings. The highest BCUT2D eigenvalue weighted by Crippen LogP contribution is 2.10. The zero-order chi connectivity index (χ0) is 12.5. The van der Waals surface area contributed by atoms with E-state index in [1.54, 1.807) is 18.5 Å². The third kappa shape index (κ3) is 4.90. The zero-order valence-corrected chi connectivity index (χ0v) is 9.65. The van der Waals surface area contributed by atoms with Crippen LogP contribution in [0.5, 0.6) is 0 Å². The van der Waals surface area contributed by atoms with Crippen LogP contribution in [-0.2, 0) is 4.79 Å². The molecule has 88 valence electrons. The highest BCUT2D eigenvalue weighted by atomic mass is 16.1. The Labute approximate surface area is 101 Å². The third-order valence-corrected chi connectivity index (χ3v) is 1.98. The van der Waals surface area contributed by atoms with Crippen LogP contribution in [0, 0.1) is 6.92 Å². The number of anilines is 1. The topological polar surface area (TPSA) is 59.2 Å². The van der Waals surface area contributed by atoms with Crippen molar-refractivity contribution in [2.45, 2.75) is 6.92 Å². The number of nitrogens with zero attached hydrogens (tertiary/aromatic N) is 2. The third-order valence-electron chi connectivity index (χ3n) is 1.98. The molecule has 0 radical (unpaired) electrons. The van der Waals surface area contributed by atoms with Crippen molar-refractivity contribution in [1.82, 2.24) is 4.98 Å². The maximum atomic E-state index is 10.2. The van der Waals surface area contributed by atoms with Crippen LogP contribution in [-0.4, -0.2) is 11.4 Å². The van der Waals surface area contributed by atoms with E-state index in [0.29, 0.717) is 12.1 Å². The van der Waals surface area contributed by atoms with Crippen molar-refractivity contribution >= 4 is 12.1 Å². The summed E-state index contributed by atoms with van der Waals surface area (Å²) in [7, 11) is 0. The second kappa shape index (κ2) is 7.14. The van der Waals surface area contributed by atoms with Gasteiger partial charge >= 0.3 is 0 Å². The summed E-state index contributed by atoms with van der Waals surface area (Å²) in [6.45, 7) is 1.95. The summed E-state index contributed by atoms with van der Waals surface area (Å²) >= 11 is 0. The summed E-state index contributed by atoms with van der Waals surface area (Å²) in [5, 5.41) is 1.05. The minimum Gasteiger partial charge on any atom is -0.277 e. The van der Waals surface area contributed by atoms with Crippen LogP contribution in [0.3, 0.4) is 0 Å². The van der Waals surface area contributed by atoms with E-state index in [9.17, 15) is 4.79 Å². The van der Waals surface area contributed by atoms with Crippen molar-refractivity contribution in [3.05, 3.63) is 60.4 Å². The lowest BCUT2D eigenvalue weighted by atomic mass is 10.2. The van der Waals surface area contributed by atoms with E-state index in [2.05, 4.69) is 4.98 Å². The maximum Gasteiger partial charge on any atom is 0.228 e. The molecule has 0 saturated carbocycles. The van der Waals surface area contributed by atoms with Gasteiger partial charge in [0.15, 0.2) is 0 Å². The molecule has 0 saturated heterocycles. The van der Waals surface area contributed by atoms with Crippen LogP contribution in [0.2, 0.25) is 0 Å². The number of hydrogen-bond donors (Lipinski definition) is 1. The number of carbonyl (C=O) groups excluding carboxylic acids is 1. The molecule has 1 aromatic carbocycles. The number of carbonyl (C=O) groups is 1. The quantitative estimate of drug-likeness (QED) is 0.370. The highest BCUT2D eigenvalue weighted by molar-refractivity contribution is 5.73. The zero-order valence-electron chi connectivity index (χ0n) is 9.65. The fraction of sp³-hybridized carbons (Fsp3) is 0.0769. The number of rotatable bonds is 2. The summed E-state index contributed by atoms with van der Waals surface area (Å²) in [6.07, 6.45) is 4.08. The minimum absolute atomic E-state index is 0.578. The summed E-state index contributed by atoms with van der Waals surface area (Å²) in [5.74, 6) is 5.33. The fourth-order valence-electron chi connectivity index (χ4n) is 1.16. The van der Waals surface area contributed by atoms with Gasteiger partial charge in [-0.2, -0.15) is 0 Å². The minimum atomic E-state index is 0.578. The molecule has 17 heavy (non-hydrogen) atoms. The molecular weight excluding hydrogens is 214 g/mol. The van der Waals surface area contributed by atoms with Crippen LogP contribution >= 0.6 is 0 Å². The number of amides is 1. The first-order valence-electron chi connectivity index (χ1n) is 5.15. The number of aryl methyl sites for hydroxylation is 1. The molecule has 1 amide bonds. The van der Waals surface area contributed by atoms with Gasteiger partial charge in [-0.3, -0.25) is 14.8 Å². The van der Waals surface area contributed by atoms with E-state index in [1.165, 1.54) is 0 Å². The van der Waals surface area contributed by atoms with Gasteiger partial charge in [-0.15, -0.1) is 0 Å². The molecule has 2 rings (SSSR count). The number of hydrogen-bond acceptors (Lipinski definition) is 3. The van der Waals surface area contributed by atoms with Crippen molar-refractivity contribution < 1.29 is 4.79 Å². The van der Waals surface area contributed by atoms with Crippen LogP contribution in [0.4, 0.5) is 5.69 Å². The Balaban J connectivity index is 0.000000202. The monoisotopic (exact) mass is 229 g/mol. The van der Waals surface area contributed by atoms with Gasteiger partial charge in [-0.1, -0.05) is 18.2 Å². The molecule has 0 fully saturated rings. The molecule has 0 spiro atoms. The van der Waals surface area contributed by atoms with Gasteiger partial charge in [0, 0.05) is 12.4 Å². The Kier molecular flexibility index (Phi) is 5.40. The Morgan fingerprint density at radius 2 is 1.88 bits per heavy atom. The average Bonchev–Trinajstić information content (AvgIpc) is 2.40. The van der Waals surface area contributed by atoms with Gasteiger partial charge in [0.05, 0.1) is 5.69 Å². The van der Waals surface area contributed by atoms with E-state index >= 15 is 0 Å². The van der Waals surface area contributed by atoms with Gasteiger partial charge in [-0.25, -0.2) is 5.84 Å². The van der Waals surface area contributed by atoms with Gasteiger partial charge in [-0.05, 0) is 36.8 Å². The Bertz CT molecular complexity index is 419. The van der Waals surface area contributed by atoms with Crippen LogP contribution < -0.4 is 10.9 Å². The number of aromatic nitrogens is 1. The SMILES string of the molecule is Cc1cccc(N(N)C=O)c1.c1ccncc1. The van der Waals surface area contributed by atoms with Gasteiger partial charge < -0.3 is 0 Å². The van der Waals surface area contributed by atoms with E-state index in [-0.39, 0.29) is 0 Å². The number of hydrazine groups is 1. The molecule has 2 aromatic rings. The second-order valence-corrected chi connectivity index (χ2v) is 3.38. The Hall–Kier alpha value is -2.20. The summed E-state index contributed by atoms with van der Waals surface area (Å²) in [5.41, 5.74) is 1.79. The lowest BCUT2D eigenvalue weighted by molar-refractivity contribution is -0.107. The van der Waals surface area contributed by atoms with E-state index in [1.807, 2.05) is 43.3 Å². The molecule has 4 heteroatoms. The molecule has 2 N–H and O–H groups in total. The molecule has 1 heterocycles. The Morgan fingerprint density at radius 3 is 2.29 bits per heavy atom. The summed E-state index contributed by atoms with van der Waals surface area (Å²) in [4.78, 5) is 14.0. The Morgan fingerprint density at radius 1 is 1.18 bits per heavy atom. The smallest absolute Gasteiger partial charge is 0.228 e. The van der Waals surface area contributed by atoms with E-state index in [0.717, 1.165) is 10.6 Å². The molecule has 0 unspecified atom stereocenters. The van der Waals surface area contributed by atoms with Crippen LogP contribution in [0.15, 0.2) is 54.9 Å². The van der Waals surface area contributed by atoms with Gasteiger partial charge in [0.2, 0.25) is 6.41 Å². The first-order valence-corrected chi connectivity index (χ1v) is 5.15. The first-order chi connectivity index (χ1) is 8.24. The summed E-state index contributed by atoms with van der Waals surface area (Å²) < 4.78 is 0. The lowest BCUT2D eigenvalue weighted by Crippen LogP contribution is -2.28. The van der Waals surface area contributed by atoms with E-state index < -0.39 is 0 Å². The molecule has 0 atom stereocenters. The van der Waals surface area contributed by atoms with Gasteiger partial charge in [0.1, 0.15) is 0 Å². The summed E-state index contributed by atoms with van der Waals surface area (Å²) in [6, 6.07) is 13.1. The molecule has 0 aliphatic carbocycles. The predicted molar refractivity (Wildman–Crippen MR) is 68.1 cm³/mol.